The molecule has 0 aliphatic carbocycles. The fraction of sp³-hybridized carbons (Fsp3) is 0.364. The first-order valence-electron chi connectivity index (χ1n) is 5.00. The van der Waals surface area contributed by atoms with Crippen molar-refractivity contribution in [2.45, 2.75) is 18.4 Å². The van der Waals surface area contributed by atoms with Crippen LogP contribution in [0.1, 0.15) is 17.9 Å². The van der Waals surface area contributed by atoms with Gasteiger partial charge in [-0.25, -0.2) is 5.84 Å². The third-order valence-corrected chi connectivity index (χ3v) is 2.72. The zero-order chi connectivity index (χ0) is 10.7. The Labute approximate surface area is 88.4 Å². The molecule has 2 rings (SSSR count). The number of rotatable bonds is 2. The van der Waals surface area contributed by atoms with Gasteiger partial charge in [0.2, 0.25) is 0 Å². The summed E-state index contributed by atoms with van der Waals surface area (Å²) in [6.45, 7) is 0.609. The second kappa shape index (κ2) is 4.42. The Kier molecular flexibility index (Phi) is 2.99. The van der Waals surface area contributed by atoms with Crippen molar-refractivity contribution < 1.29 is 9.53 Å². The number of hydrazine groups is 1. The van der Waals surface area contributed by atoms with Crippen molar-refractivity contribution in [1.82, 2.24) is 5.43 Å². The van der Waals surface area contributed by atoms with E-state index < -0.39 is 6.10 Å². The Balaban J connectivity index is 2.18. The molecule has 4 nitrogen and oxygen atoms in total. The van der Waals surface area contributed by atoms with Crippen LogP contribution in [0.3, 0.4) is 0 Å². The Hall–Kier alpha value is -1.39. The van der Waals surface area contributed by atoms with Crippen molar-refractivity contribution in [3.63, 3.8) is 0 Å². The second-order valence-corrected chi connectivity index (χ2v) is 3.61. The minimum Gasteiger partial charge on any atom is -0.368 e. The van der Waals surface area contributed by atoms with Gasteiger partial charge in [-0.15, -0.1) is 0 Å². The van der Waals surface area contributed by atoms with Crippen LogP contribution < -0.4 is 11.3 Å². The van der Waals surface area contributed by atoms with Crippen LogP contribution in [0.4, 0.5) is 0 Å². The molecule has 0 bridgehead atoms. The topological polar surface area (TPSA) is 64.3 Å². The Morgan fingerprint density at radius 1 is 1.40 bits per heavy atom. The maximum absolute atomic E-state index is 11.4. The zero-order valence-corrected chi connectivity index (χ0v) is 8.35. The molecule has 3 N–H and O–H groups in total. The van der Waals surface area contributed by atoms with Crippen molar-refractivity contribution >= 4 is 5.91 Å². The number of carbonyl (C=O) groups excluding carboxylic acids is 1. The minimum atomic E-state index is -0.447. The molecular weight excluding hydrogens is 192 g/mol. The Morgan fingerprint density at radius 2 is 2.13 bits per heavy atom. The van der Waals surface area contributed by atoms with Crippen molar-refractivity contribution in [1.29, 1.82) is 0 Å². The molecule has 1 aromatic rings. The lowest BCUT2D eigenvalue weighted by molar-refractivity contribution is -0.130. The molecule has 1 saturated heterocycles. The van der Waals surface area contributed by atoms with E-state index in [9.17, 15) is 4.79 Å². The number of nitrogens with one attached hydrogen (secondary N) is 1. The molecule has 0 spiro atoms. The highest BCUT2D eigenvalue weighted by Gasteiger charge is 2.34. The average molecular weight is 206 g/mol. The molecule has 1 amide bonds. The molecule has 80 valence electrons. The monoisotopic (exact) mass is 206 g/mol. The maximum atomic E-state index is 11.4. The second-order valence-electron chi connectivity index (χ2n) is 3.61. The molecule has 2 atom stereocenters. The van der Waals surface area contributed by atoms with Crippen molar-refractivity contribution in [3.8, 4) is 0 Å². The number of ether oxygens (including phenoxy) is 1. The molecule has 1 aliphatic heterocycles. The van der Waals surface area contributed by atoms with Crippen LogP contribution in [0.2, 0.25) is 0 Å². The van der Waals surface area contributed by atoms with E-state index in [4.69, 9.17) is 10.6 Å². The van der Waals surface area contributed by atoms with Gasteiger partial charge in [-0.3, -0.25) is 10.2 Å². The summed E-state index contributed by atoms with van der Waals surface area (Å²) in [4.78, 5) is 11.4. The van der Waals surface area contributed by atoms with Crippen molar-refractivity contribution in [2.75, 3.05) is 6.61 Å². The predicted molar refractivity (Wildman–Crippen MR) is 55.9 cm³/mol. The fourth-order valence-corrected chi connectivity index (χ4v) is 1.97. The van der Waals surface area contributed by atoms with Gasteiger partial charge in [0.25, 0.3) is 5.91 Å². The largest absolute Gasteiger partial charge is 0.368 e. The number of amides is 1. The number of benzene rings is 1. The van der Waals surface area contributed by atoms with Crippen LogP contribution in [0.15, 0.2) is 30.3 Å². The molecule has 15 heavy (non-hydrogen) atoms. The van der Waals surface area contributed by atoms with Crippen LogP contribution >= 0.6 is 0 Å². The van der Waals surface area contributed by atoms with E-state index in [0.29, 0.717) is 6.61 Å². The lowest BCUT2D eigenvalue weighted by Gasteiger charge is -2.16. The summed E-state index contributed by atoms with van der Waals surface area (Å²) in [7, 11) is 0. The van der Waals surface area contributed by atoms with E-state index in [0.717, 1.165) is 12.0 Å². The summed E-state index contributed by atoms with van der Waals surface area (Å²) < 4.78 is 5.38. The molecule has 1 heterocycles. The van der Waals surface area contributed by atoms with Crippen LogP contribution in [0.25, 0.3) is 0 Å². The molecule has 0 aromatic heterocycles. The molecule has 0 radical (unpaired) electrons. The Morgan fingerprint density at radius 3 is 2.80 bits per heavy atom. The first kappa shape index (κ1) is 10.1. The molecule has 4 heteroatoms. The van der Waals surface area contributed by atoms with E-state index >= 15 is 0 Å². The average Bonchev–Trinajstić information content (AvgIpc) is 2.78. The van der Waals surface area contributed by atoms with Crippen LogP contribution in [0.5, 0.6) is 0 Å². The van der Waals surface area contributed by atoms with Crippen LogP contribution in [-0.2, 0) is 9.53 Å². The van der Waals surface area contributed by atoms with Gasteiger partial charge in [0, 0.05) is 12.5 Å². The molecule has 1 fully saturated rings. The first-order valence-corrected chi connectivity index (χ1v) is 5.00. The smallest absolute Gasteiger partial charge is 0.263 e. The summed E-state index contributed by atoms with van der Waals surface area (Å²) in [5, 5.41) is 0. The minimum absolute atomic E-state index is 0.120. The van der Waals surface area contributed by atoms with Gasteiger partial charge in [0.1, 0.15) is 6.10 Å². The quantitative estimate of drug-likeness (QED) is 0.422. The van der Waals surface area contributed by atoms with E-state index in [1.54, 1.807) is 0 Å². The third-order valence-electron chi connectivity index (χ3n) is 2.72. The van der Waals surface area contributed by atoms with Gasteiger partial charge in [-0.1, -0.05) is 30.3 Å². The fourth-order valence-electron chi connectivity index (χ4n) is 1.97. The number of carbonyl (C=O) groups is 1. The summed E-state index contributed by atoms with van der Waals surface area (Å²) in [5.41, 5.74) is 3.27. The Bertz CT molecular complexity index is 340. The highest BCUT2D eigenvalue weighted by molar-refractivity contribution is 5.81. The lowest BCUT2D eigenvalue weighted by Crippen LogP contribution is -2.41. The number of hydrogen-bond acceptors (Lipinski definition) is 3. The highest BCUT2D eigenvalue weighted by Crippen LogP contribution is 2.30. The summed E-state index contributed by atoms with van der Waals surface area (Å²) >= 11 is 0. The number of nitrogens with two attached hydrogens (primary N) is 1. The van der Waals surface area contributed by atoms with Gasteiger partial charge in [-0.05, 0) is 12.0 Å². The molecular formula is C11H14N2O2. The lowest BCUT2D eigenvalue weighted by atomic mass is 9.92. The number of hydrogen-bond donors (Lipinski definition) is 2. The van der Waals surface area contributed by atoms with Gasteiger partial charge in [0.05, 0.1) is 0 Å². The highest BCUT2D eigenvalue weighted by atomic mass is 16.5. The standard InChI is InChI=1S/C11H14N2O2/c12-13-11(14)10-9(6-7-15-10)8-4-2-1-3-5-8/h1-5,9-10H,6-7,12H2,(H,13,14)/t9-,10+/m0/s1. The van der Waals surface area contributed by atoms with E-state index in [-0.39, 0.29) is 11.8 Å². The van der Waals surface area contributed by atoms with E-state index in [1.807, 2.05) is 30.3 Å². The molecule has 1 aromatic carbocycles. The van der Waals surface area contributed by atoms with E-state index in [2.05, 4.69) is 5.43 Å². The summed E-state index contributed by atoms with van der Waals surface area (Å²) in [6, 6.07) is 9.90. The zero-order valence-electron chi connectivity index (χ0n) is 8.35. The molecule has 0 saturated carbocycles. The predicted octanol–water partition coefficient (Wildman–Crippen LogP) is 0.549. The van der Waals surface area contributed by atoms with Crippen molar-refractivity contribution in [2.24, 2.45) is 5.84 Å². The van der Waals surface area contributed by atoms with Gasteiger partial charge in [-0.2, -0.15) is 0 Å². The molecule has 1 aliphatic rings. The van der Waals surface area contributed by atoms with E-state index in [1.165, 1.54) is 0 Å². The normalized spacial score (nSPS) is 25.1. The molecule has 0 unspecified atom stereocenters. The SMILES string of the molecule is NNC(=O)[C@@H]1OCC[C@H]1c1ccccc1. The van der Waals surface area contributed by atoms with Crippen LogP contribution in [0, 0.1) is 0 Å². The maximum Gasteiger partial charge on any atom is 0.263 e. The van der Waals surface area contributed by atoms with Gasteiger partial charge >= 0.3 is 0 Å². The third kappa shape index (κ3) is 2.00. The first-order chi connectivity index (χ1) is 7.33. The van der Waals surface area contributed by atoms with Crippen molar-refractivity contribution in [3.05, 3.63) is 35.9 Å². The summed E-state index contributed by atoms with van der Waals surface area (Å²) in [6.07, 6.45) is 0.416. The van der Waals surface area contributed by atoms with Crippen LogP contribution in [-0.4, -0.2) is 18.6 Å². The summed E-state index contributed by atoms with van der Waals surface area (Å²) in [5.74, 6) is 4.98. The van der Waals surface area contributed by atoms with Gasteiger partial charge in [0.15, 0.2) is 0 Å². The van der Waals surface area contributed by atoms with Gasteiger partial charge < -0.3 is 4.74 Å².